The second kappa shape index (κ2) is 10.2. The largest absolute Gasteiger partial charge is 0.493 e. The third-order valence-corrected chi connectivity index (χ3v) is 5.72. The number of hydrogen-bond donors (Lipinski definition) is 0. The van der Waals surface area contributed by atoms with Crippen molar-refractivity contribution < 1.29 is 14.3 Å². The Hall–Kier alpha value is -2.93. The van der Waals surface area contributed by atoms with Crippen molar-refractivity contribution in [3.63, 3.8) is 0 Å². The Morgan fingerprint density at radius 3 is 2.63 bits per heavy atom. The van der Waals surface area contributed by atoms with Gasteiger partial charge < -0.3 is 14.4 Å². The van der Waals surface area contributed by atoms with E-state index in [-0.39, 0.29) is 5.91 Å². The minimum atomic E-state index is 0.0658. The van der Waals surface area contributed by atoms with E-state index in [0.29, 0.717) is 30.3 Å². The van der Waals surface area contributed by atoms with Crippen LogP contribution in [0.1, 0.15) is 18.1 Å². The molecular formula is C23H27N3O3S. The third-order valence-electron chi connectivity index (χ3n) is 4.77. The zero-order valence-corrected chi connectivity index (χ0v) is 18.6. The number of ether oxygens (including phenoxy) is 2. The number of nitrogens with zero attached hydrogens (tertiary/aromatic N) is 3. The Morgan fingerprint density at radius 1 is 1.13 bits per heavy atom. The summed E-state index contributed by atoms with van der Waals surface area (Å²) in [6, 6.07) is 13.9. The number of benzene rings is 2. The van der Waals surface area contributed by atoms with Gasteiger partial charge in [-0.05, 0) is 49.2 Å². The van der Waals surface area contributed by atoms with Crippen LogP contribution >= 0.6 is 11.8 Å². The molecule has 1 heterocycles. The maximum absolute atomic E-state index is 12.9. The molecule has 1 amide bonds. The van der Waals surface area contributed by atoms with Gasteiger partial charge >= 0.3 is 0 Å². The topological polar surface area (TPSA) is 56.6 Å². The molecular weight excluding hydrogens is 398 g/mol. The van der Waals surface area contributed by atoms with E-state index < -0.39 is 0 Å². The molecule has 3 aromatic rings. The van der Waals surface area contributed by atoms with Gasteiger partial charge in [0.05, 0.1) is 20.0 Å². The first kappa shape index (κ1) is 21.8. The first-order valence-corrected chi connectivity index (χ1v) is 10.8. The molecule has 0 bridgehead atoms. The van der Waals surface area contributed by atoms with Gasteiger partial charge in [0.1, 0.15) is 0 Å². The van der Waals surface area contributed by atoms with Crippen LogP contribution in [0.2, 0.25) is 0 Å². The molecule has 0 unspecified atom stereocenters. The fourth-order valence-electron chi connectivity index (χ4n) is 3.16. The number of rotatable bonds is 9. The molecule has 0 atom stereocenters. The summed E-state index contributed by atoms with van der Waals surface area (Å²) in [5.74, 6) is 1.72. The molecule has 7 heteroatoms. The molecule has 0 radical (unpaired) electrons. The maximum Gasteiger partial charge on any atom is 0.233 e. The second-order valence-corrected chi connectivity index (χ2v) is 7.75. The van der Waals surface area contributed by atoms with Gasteiger partial charge in [-0.15, -0.1) is 0 Å². The molecule has 1 aromatic heterocycles. The van der Waals surface area contributed by atoms with Crippen LogP contribution in [0.3, 0.4) is 0 Å². The van der Waals surface area contributed by atoms with Crippen molar-refractivity contribution in [3.05, 3.63) is 66.0 Å². The fourth-order valence-corrected chi connectivity index (χ4v) is 4.04. The lowest BCUT2D eigenvalue weighted by molar-refractivity contribution is -0.128. The number of carbonyl (C=O) groups excluding carboxylic acids is 1. The highest BCUT2D eigenvalue weighted by atomic mass is 32.2. The summed E-state index contributed by atoms with van der Waals surface area (Å²) in [6.45, 7) is 5.18. The lowest BCUT2D eigenvalue weighted by atomic mass is 10.2. The summed E-state index contributed by atoms with van der Waals surface area (Å²) in [4.78, 5) is 19.1. The van der Waals surface area contributed by atoms with Gasteiger partial charge in [0.25, 0.3) is 0 Å². The van der Waals surface area contributed by atoms with Crippen molar-refractivity contribution in [1.29, 1.82) is 0 Å². The van der Waals surface area contributed by atoms with E-state index >= 15 is 0 Å². The number of methoxy groups -OCH3 is 2. The van der Waals surface area contributed by atoms with E-state index in [1.807, 2.05) is 52.9 Å². The van der Waals surface area contributed by atoms with Crippen molar-refractivity contribution in [2.45, 2.75) is 25.5 Å². The van der Waals surface area contributed by atoms with Gasteiger partial charge in [-0.1, -0.05) is 30.0 Å². The first-order valence-electron chi connectivity index (χ1n) is 9.77. The molecule has 158 valence electrons. The lowest BCUT2D eigenvalue weighted by Crippen LogP contribution is -2.31. The Labute approximate surface area is 181 Å². The van der Waals surface area contributed by atoms with Crippen LogP contribution in [0.4, 0.5) is 0 Å². The van der Waals surface area contributed by atoms with E-state index in [4.69, 9.17) is 9.47 Å². The number of aryl methyl sites for hydroxylation is 1. The monoisotopic (exact) mass is 425 g/mol. The van der Waals surface area contributed by atoms with Crippen LogP contribution in [0.5, 0.6) is 11.5 Å². The van der Waals surface area contributed by atoms with Crippen LogP contribution in [-0.2, 0) is 11.3 Å². The van der Waals surface area contributed by atoms with Crippen molar-refractivity contribution >= 4 is 17.7 Å². The molecule has 6 nitrogen and oxygen atoms in total. The zero-order valence-electron chi connectivity index (χ0n) is 17.8. The van der Waals surface area contributed by atoms with E-state index in [9.17, 15) is 4.79 Å². The smallest absolute Gasteiger partial charge is 0.233 e. The SMILES string of the molecule is CCN(Cc1ccc(OC)c(OC)c1)C(=O)CSc1nccn1-c1cccc(C)c1. The predicted molar refractivity (Wildman–Crippen MR) is 120 cm³/mol. The molecule has 2 aromatic carbocycles. The Morgan fingerprint density at radius 2 is 1.93 bits per heavy atom. The summed E-state index contributed by atoms with van der Waals surface area (Å²) in [5.41, 5.74) is 3.22. The molecule has 0 saturated heterocycles. The Bertz CT molecular complexity index is 1000. The number of carbonyl (C=O) groups is 1. The number of hydrogen-bond acceptors (Lipinski definition) is 5. The highest BCUT2D eigenvalue weighted by Crippen LogP contribution is 2.28. The van der Waals surface area contributed by atoms with Crippen molar-refractivity contribution in [3.8, 4) is 17.2 Å². The Kier molecular flexibility index (Phi) is 7.41. The molecule has 0 N–H and O–H groups in total. The number of thioether (sulfide) groups is 1. The number of aromatic nitrogens is 2. The first-order chi connectivity index (χ1) is 14.5. The molecule has 0 spiro atoms. The third kappa shape index (κ3) is 5.16. The minimum Gasteiger partial charge on any atom is -0.493 e. The van der Waals surface area contributed by atoms with Crippen LogP contribution < -0.4 is 9.47 Å². The number of amides is 1. The maximum atomic E-state index is 12.9. The van der Waals surface area contributed by atoms with Crippen molar-refractivity contribution in [2.24, 2.45) is 0 Å². The quantitative estimate of drug-likeness (QED) is 0.478. The summed E-state index contributed by atoms with van der Waals surface area (Å²) in [7, 11) is 3.22. The standard InChI is InChI=1S/C23H27N3O3S/c1-5-25(15-18-9-10-20(28-3)21(14-18)29-4)22(27)16-30-23-24-11-12-26(23)19-8-6-7-17(2)13-19/h6-14H,5,15-16H2,1-4H3. The summed E-state index contributed by atoms with van der Waals surface area (Å²) in [5, 5.41) is 0.802. The van der Waals surface area contributed by atoms with Gasteiger partial charge in [0, 0.05) is 31.2 Å². The predicted octanol–water partition coefficient (Wildman–Crippen LogP) is 4.34. The van der Waals surface area contributed by atoms with Crippen molar-refractivity contribution in [1.82, 2.24) is 14.5 Å². The highest BCUT2D eigenvalue weighted by Gasteiger charge is 2.16. The van der Waals surface area contributed by atoms with Gasteiger partial charge in [0.2, 0.25) is 5.91 Å². The molecule has 0 aliphatic rings. The van der Waals surface area contributed by atoms with Gasteiger partial charge in [0.15, 0.2) is 16.7 Å². The lowest BCUT2D eigenvalue weighted by Gasteiger charge is -2.21. The summed E-state index contributed by atoms with van der Waals surface area (Å²) >= 11 is 1.45. The Balaban J connectivity index is 1.66. The fraction of sp³-hybridized carbons (Fsp3) is 0.304. The van der Waals surface area contributed by atoms with E-state index in [2.05, 4.69) is 24.0 Å². The molecule has 0 aliphatic heterocycles. The molecule has 30 heavy (non-hydrogen) atoms. The molecule has 0 fully saturated rings. The summed E-state index contributed by atoms with van der Waals surface area (Å²) in [6.07, 6.45) is 3.68. The second-order valence-electron chi connectivity index (χ2n) is 6.80. The van der Waals surface area contributed by atoms with Gasteiger partial charge in [-0.25, -0.2) is 4.98 Å². The van der Waals surface area contributed by atoms with Crippen LogP contribution in [-0.4, -0.2) is 46.9 Å². The van der Waals surface area contributed by atoms with E-state index in [1.54, 1.807) is 20.4 Å². The zero-order chi connectivity index (χ0) is 21.5. The minimum absolute atomic E-state index is 0.0658. The van der Waals surface area contributed by atoms with Gasteiger partial charge in [-0.2, -0.15) is 0 Å². The average Bonchev–Trinajstić information content (AvgIpc) is 3.24. The molecule has 0 aliphatic carbocycles. The number of imidazole rings is 1. The highest BCUT2D eigenvalue weighted by molar-refractivity contribution is 7.99. The van der Waals surface area contributed by atoms with Crippen LogP contribution in [0.15, 0.2) is 60.0 Å². The van der Waals surface area contributed by atoms with Gasteiger partial charge in [-0.3, -0.25) is 9.36 Å². The summed E-state index contributed by atoms with van der Waals surface area (Å²) < 4.78 is 12.7. The van der Waals surface area contributed by atoms with Crippen LogP contribution in [0, 0.1) is 6.92 Å². The van der Waals surface area contributed by atoms with E-state index in [0.717, 1.165) is 16.4 Å². The van der Waals surface area contributed by atoms with Crippen molar-refractivity contribution in [2.75, 3.05) is 26.5 Å². The average molecular weight is 426 g/mol. The molecule has 0 saturated carbocycles. The van der Waals surface area contributed by atoms with Crippen LogP contribution in [0.25, 0.3) is 5.69 Å². The normalized spacial score (nSPS) is 10.7. The van der Waals surface area contributed by atoms with E-state index in [1.165, 1.54) is 17.3 Å². The molecule has 3 rings (SSSR count).